The molecule has 0 N–H and O–H groups in total. The molecule has 0 spiro atoms. The Kier molecular flexibility index (Phi) is 5.83. The van der Waals surface area contributed by atoms with Gasteiger partial charge in [0, 0.05) is 37.5 Å². The van der Waals surface area contributed by atoms with Gasteiger partial charge < -0.3 is 19.3 Å². The van der Waals surface area contributed by atoms with Crippen molar-refractivity contribution in [3.05, 3.63) is 42.7 Å². The Hall–Kier alpha value is -3.30. The number of fused-ring (bicyclic) bond motifs is 3. The highest BCUT2D eigenvalue weighted by Crippen LogP contribution is 2.27. The number of pyridine rings is 1. The molecule has 1 aliphatic rings. The van der Waals surface area contributed by atoms with Crippen LogP contribution in [0.4, 0.5) is 5.95 Å². The summed E-state index contributed by atoms with van der Waals surface area (Å²) in [4.78, 5) is 13.4. The Morgan fingerprint density at radius 1 is 1.00 bits per heavy atom. The van der Waals surface area contributed by atoms with Gasteiger partial charge in [-0.1, -0.05) is 6.07 Å². The average molecular weight is 434 g/mol. The van der Waals surface area contributed by atoms with Gasteiger partial charge in [0.05, 0.1) is 37.1 Å². The van der Waals surface area contributed by atoms with Crippen molar-refractivity contribution >= 4 is 22.6 Å². The first-order valence-electron chi connectivity index (χ1n) is 10.9. The van der Waals surface area contributed by atoms with Gasteiger partial charge in [-0.25, -0.2) is 4.98 Å². The van der Waals surface area contributed by atoms with E-state index in [0.29, 0.717) is 25.7 Å². The average Bonchev–Trinajstić information content (AvgIpc) is 3.27. The van der Waals surface area contributed by atoms with E-state index in [9.17, 15) is 0 Å². The molecule has 0 saturated carbocycles. The van der Waals surface area contributed by atoms with Crippen LogP contribution >= 0.6 is 0 Å². The topological polar surface area (TPSA) is 80.9 Å². The number of anilines is 1. The summed E-state index contributed by atoms with van der Waals surface area (Å²) in [5.74, 6) is 1.47. The molecule has 5 rings (SSSR count). The van der Waals surface area contributed by atoms with E-state index in [2.05, 4.69) is 60.6 Å². The lowest BCUT2D eigenvalue weighted by Gasteiger charge is -2.26. The molecule has 1 aromatic carbocycles. The van der Waals surface area contributed by atoms with Crippen molar-refractivity contribution in [2.24, 2.45) is 0 Å². The van der Waals surface area contributed by atoms with Gasteiger partial charge in [-0.15, -0.1) is 10.2 Å². The number of morpholine rings is 1. The van der Waals surface area contributed by atoms with E-state index in [1.54, 1.807) is 6.20 Å². The quantitative estimate of drug-likeness (QED) is 0.411. The molecule has 9 nitrogen and oxygen atoms in total. The SMILES string of the molecule is CN(C)CCCOc1ccc(-c2ccc3ncc4nnc(N5CCOCC5)n4c3c2)cn1. The summed E-state index contributed by atoms with van der Waals surface area (Å²) in [7, 11) is 4.12. The highest BCUT2D eigenvalue weighted by molar-refractivity contribution is 5.84. The van der Waals surface area contributed by atoms with E-state index < -0.39 is 0 Å². The van der Waals surface area contributed by atoms with Gasteiger partial charge in [0.25, 0.3) is 0 Å². The molecule has 0 unspecified atom stereocenters. The fourth-order valence-corrected chi connectivity index (χ4v) is 3.88. The van der Waals surface area contributed by atoms with E-state index in [4.69, 9.17) is 9.47 Å². The van der Waals surface area contributed by atoms with Crippen LogP contribution < -0.4 is 9.64 Å². The van der Waals surface area contributed by atoms with Crippen LogP contribution in [0, 0.1) is 0 Å². The predicted molar refractivity (Wildman–Crippen MR) is 123 cm³/mol. The molecule has 0 radical (unpaired) electrons. The van der Waals surface area contributed by atoms with Gasteiger partial charge >= 0.3 is 0 Å². The third-order valence-electron chi connectivity index (χ3n) is 5.57. The largest absolute Gasteiger partial charge is 0.478 e. The number of benzene rings is 1. The smallest absolute Gasteiger partial charge is 0.232 e. The van der Waals surface area contributed by atoms with Crippen LogP contribution in [0.15, 0.2) is 42.7 Å². The zero-order valence-electron chi connectivity index (χ0n) is 18.4. The van der Waals surface area contributed by atoms with Crippen LogP contribution in [0.2, 0.25) is 0 Å². The van der Waals surface area contributed by atoms with Gasteiger partial charge in [-0.3, -0.25) is 9.38 Å². The first-order chi connectivity index (χ1) is 15.7. The predicted octanol–water partition coefficient (Wildman–Crippen LogP) is 2.51. The zero-order valence-corrected chi connectivity index (χ0v) is 18.4. The molecule has 0 bridgehead atoms. The van der Waals surface area contributed by atoms with Crippen molar-refractivity contribution in [1.82, 2.24) is 29.5 Å². The zero-order chi connectivity index (χ0) is 21.9. The molecule has 1 aliphatic heterocycles. The van der Waals surface area contributed by atoms with Crippen LogP contribution in [-0.4, -0.2) is 83.0 Å². The minimum absolute atomic E-state index is 0.644. The fourth-order valence-electron chi connectivity index (χ4n) is 3.88. The summed E-state index contributed by atoms with van der Waals surface area (Å²) in [6, 6.07) is 10.2. The highest BCUT2D eigenvalue weighted by atomic mass is 16.5. The summed E-state index contributed by atoms with van der Waals surface area (Å²) in [6.45, 7) is 4.63. The Morgan fingerprint density at radius 2 is 1.84 bits per heavy atom. The lowest BCUT2D eigenvalue weighted by molar-refractivity contribution is 0.122. The second kappa shape index (κ2) is 9.05. The maximum Gasteiger partial charge on any atom is 0.232 e. The molecule has 0 amide bonds. The maximum absolute atomic E-state index is 5.76. The second-order valence-electron chi connectivity index (χ2n) is 8.15. The Balaban J connectivity index is 1.43. The Labute approximate surface area is 186 Å². The number of hydrogen-bond donors (Lipinski definition) is 0. The van der Waals surface area contributed by atoms with Crippen molar-refractivity contribution in [1.29, 1.82) is 0 Å². The molecule has 0 aliphatic carbocycles. The molecule has 1 saturated heterocycles. The molecule has 3 aromatic heterocycles. The van der Waals surface area contributed by atoms with Gasteiger partial charge in [-0.05, 0) is 44.3 Å². The number of nitrogens with zero attached hydrogens (tertiary/aromatic N) is 7. The van der Waals surface area contributed by atoms with Gasteiger partial charge in [0.1, 0.15) is 0 Å². The van der Waals surface area contributed by atoms with E-state index in [1.807, 2.05) is 24.4 Å². The van der Waals surface area contributed by atoms with Gasteiger partial charge in [-0.2, -0.15) is 0 Å². The normalized spacial score (nSPS) is 14.5. The molecule has 0 atom stereocenters. The molecule has 1 fully saturated rings. The molecule has 4 heterocycles. The van der Waals surface area contributed by atoms with E-state index in [0.717, 1.165) is 59.8 Å². The molecule has 9 heteroatoms. The van der Waals surface area contributed by atoms with E-state index in [1.165, 1.54) is 0 Å². The highest BCUT2D eigenvalue weighted by Gasteiger charge is 2.19. The van der Waals surface area contributed by atoms with Crippen molar-refractivity contribution in [2.45, 2.75) is 6.42 Å². The summed E-state index contributed by atoms with van der Waals surface area (Å²) in [5.41, 5.74) is 4.67. The lowest BCUT2D eigenvalue weighted by atomic mass is 10.1. The van der Waals surface area contributed by atoms with Crippen LogP contribution in [0.1, 0.15) is 6.42 Å². The van der Waals surface area contributed by atoms with Crippen LogP contribution in [-0.2, 0) is 4.74 Å². The van der Waals surface area contributed by atoms with E-state index >= 15 is 0 Å². The lowest BCUT2D eigenvalue weighted by Crippen LogP contribution is -2.37. The third kappa shape index (κ3) is 4.21. The number of rotatable bonds is 7. The number of ether oxygens (including phenoxy) is 2. The minimum Gasteiger partial charge on any atom is -0.478 e. The first kappa shape index (κ1) is 20.6. The van der Waals surface area contributed by atoms with Crippen molar-refractivity contribution < 1.29 is 9.47 Å². The second-order valence-corrected chi connectivity index (χ2v) is 8.15. The van der Waals surface area contributed by atoms with Crippen LogP contribution in [0.3, 0.4) is 0 Å². The van der Waals surface area contributed by atoms with Crippen LogP contribution in [0.25, 0.3) is 27.8 Å². The van der Waals surface area contributed by atoms with E-state index in [-0.39, 0.29) is 0 Å². The fraction of sp³-hybridized carbons (Fsp3) is 0.391. The first-order valence-corrected chi connectivity index (χ1v) is 10.9. The monoisotopic (exact) mass is 433 g/mol. The Bertz CT molecular complexity index is 1200. The number of aromatic nitrogens is 5. The molecular formula is C23H27N7O2. The third-order valence-corrected chi connectivity index (χ3v) is 5.57. The number of hydrogen-bond acceptors (Lipinski definition) is 8. The standard InChI is InChI=1S/C23H27N7O2/c1-28(2)8-3-11-32-22-7-5-18(15-25-22)17-4-6-19-20(14-17)30-21(16-24-19)26-27-23(30)29-9-12-31-13-10-29/h4-7,14-16H,3,8-13H2,1-2H3. The molecule has 4 aromatic rings. The minimum atomic E-state index is 0.644. The maximum atomic E-state index is 5.76. The molecule has 32 heavy (non-hydrogen) atoms. The summed E-state index contributed by atoms with van der Waals surface area (Å²) >= 11 is 0. The van der Waals surface area contributed by atoms with Crippen molar-refractivity contribution in [2.75, 3.05) is 58.5 Å². The Morgan fingerprint density at radius 3 is 2.62 bits per heavy atom. The summed E-state index contributed by atoms with van der Waals surface area (Å²) in [5, 5.41) is 8.78. The molecule has 166 valence electrons. The van der Waals surface area contributed by atoms with Crippen molar-refractivity contribution in [3.63, 3.8) is 0 Å². The van der Waals surface area contributed by atoms with Gasteiger partial charge in [0.15, 0.2) is 5.65 Å². The summed E-state index contributed by atoms with van der Waals surface area (Å²) in [6.07, 6.45) is 4.59. The summed E-state index contributed by atoms with van der Waals surface area (Å²) < 4.78 is 13.3. The van der Waals surface area contributed by atoms with Gasteiger partial charge in [0.2, 0.25) is 11.8 Å². The molecular weight excluding hydrogens is 406 g/mol. The van der Waals surface area contributed by atoms with Crippen LogP contribution in [0.5, 0.6) is 5.88 Å². The van der Waals surface area contributed by atoms with Crippen molar-refractivity contribution in [3.8, 4) is 17.0 Å².